The molecule has 2 N–H and O–H groups in total. The van der Waals surface area contributed by atoms with E-state index in [4.69, 9.17) is 5.73 Å². The van der Waals surface area contributed by atoms with Crippen LogP contribution in [0.15, 0.2) is 24.3 Å². The molecular weight excluding hydrogens is 333 g/mol. The van der Waals surface area contributed by atoms with E-state index in [9.17, 15) is 4.79 Å². The van der Waals surface area contributed by atoms with Crippen molar-refractivity contribution < 1.29 is 4.79 Å². The highest BCUT2D eigenvalue weighted by Gasteiger charge is 2.20. The molecule has 1 aliphatic rings. The molecule has 1 saturated heterocycles. The maximum absolute atomic E-state index is 12.2. The third-order valence-electron chi connectivity index (χ3n) is 4.48. The number of carbonyl (C=O) groups is 1. The van der Waals surface area contributed by atoms with Gasteiger partial charge in [-0.1, -0.05) is 18.6 Å². The number of anilines is 1. The van der Waals surface area contributed by atoms with Crippen molar-refractivity contribution in [1.82, 2.24) is 9.80 Å². The monoisotopic (exact) mass is 361 g/mol. The van der Waals surface area contributed by atoms with Gasteiger partial charge < -0.3 is 15.5 Å². The van der Waals surface area contributed by atoms with Crippen LogP contribution >= 0.6 is 24.8 Å². The maximum Gasteiger partial charge on any atom is 0.226 e. The lowest BCUT2D eigenvalue weighted by atomic mass is 10.00. The number of likely N-dealkylation sites (tertiary alicyclic amines) is 1. The van der Waals surface area contributed by atoms with Gasteiger partial charge in [-0.25, -0.2) is 0 Å². The van der Waals surface area contributed by atoms with Crippen LogP contribution in [0.25, 0.3) is 0 Å². The van der Waals surface area contributed by atoms with Crippen molar-refractivity contribution in [1.29, 1.82) is 0 Å². The van der Waals surface area contributed by atoms with Crippen molar-refractivity contribution in [3.63, 3.8) is 0 Å². The Bertz CT molecular complexity index is 467. The van der Waals surface area contributed by atoms with Crippen LogP contribution in [0.2, 0.25) is 0 Å². The van der Waals surface area contributed by atoms with E-state index in [-0.39, 0.29) is 30.7 Å². The molecule has 0 saturated carbocycles. The molecular formula is C17H29Cl2N3O. The fourth-order valence-corrected chi connectivity index (χ4v) is 2.92. The van der Waals surface area contributed by atoms with Gasteiger partial charge in [0.2, 0.25) is 5.91 Å². The molecule has 1 amide bonds. The number of hydrogen-bond donors (Lipinski definition) is 1. The van der Waals surface area contributed by atoms with E-state index >= 15 is 0 Å². The Hall–Kier alpha value is -0.970. The summed E-state index contributed by atoms with van der Waals surface area (Å²) >= 11 is 0. The summed E-state index contributed by atoms with van der Waals surface area (Å²) in [6, 6.07) is 8.18. The molecule has 23 heavy (non-hydrogen) atoms. The van der Waals surface area contributed by atoms with Crippen molar-refractivity contribution in [2.45, 2.75) is 38.1 Å². The number of amides is 1. The zero-order valence-electron chi connectivity index (χ0n) is 14.0. The van der Waals surface area contributed by atoms with Crippen LogP contribution < -0.4 is 5.73 Å². The number of nitrogens with zero attached hydrogens (tertiary/aromatic N) is 2. The van der Waals surface area contributed by atoms with E-state index in [1.807, 2.05) is 36.2 Å². The van der Waals surface area contributed by atoms with Crippen LogP contribution in [-0.4, -0.2) is 48.9 Å². The standard InChI is InChI=1S/C17H27N3O.2ClH/c1-19-11-4-3-5-16(19)10-12-20(2)17(21)13-14-6-8-15(18)9-7-14;;/h6-9,16H,3-5,10-13,18H2,1-2H3;2*1H. The highest BCUT2D eigenvalue weighted by molar-refractivity contribution is 5.85. The quantitative estimate of drug-likeness (QED) is 0.820. The summed E-state index contributed by atoms with van der Waals surface area (Å²) in [4.78, 5) is 16.5. The predicted molar refractivity (Wildman–Crippen MR) is 102 cm³/mol. The second-order valence-electron chi connectivity index (χ2n) is 6.15. The maximum atomic E-state index is 12.2. The average molecular weight is 362 g/mol. The number of nitrogen functional groups attached to an aromatic ring is 1. The second kappa shape index (κ2) is 10.7. The van der Waals surface area contributed by atoms with Crippen molar-refractivity contribution in [2.24, 2.45) is 0 Å². The third kappa shape index (κ3) is 6.98. The number of hydrogen-bond acceptors (Lipinski definition) is 3. The summed E-state index contributed by atoms with van der Waals surface area (Å²) in [5.41, 5.74) is 7.42. The number of likely N-dealkylation sites (N-methyl/N-ethyl adjacent to an activating group) is 1. The fraction of sp³-hybridized carbons (Fsp3) is 0.588. The van der Waals surface area contributed by atoms with E-state index < -0.39 is 0 Å². The normalized spacial score (nSPS) is 17.7. The first-order valence-corrected chi connectivity index (χ1v) is 7.85. The zero-order chi connectivity index (χ0) is 15.2. The molecule has 1 unspecified atom stereocenters. The van der Waals surface area contributed by atoms with Crippen LogP contribution in [-0.2, 0) is 11.2 Å². The van der Waals surface area contributed by atoms with Gasteiger partial charge in [0.25, 0.3) is 0 Å². The van der Waals surface area contributed by atoms with Crippen LogP contribution in [0.5, 0.6) is 0 Å². The molecule has 1 aromatic carbocycles. The Balaban J connectivity index is 0.00000242. The summed E-state index contributed by atoms with van der Waals surface area (Å²) in [5, 5.41) is 0. The topological polar surface area (TPSA) is 49.6 Å². The van der Waals surface area contributed by atoms with Gasteiger partial charge in [-0.3, -0.25) is 4.79 Å². The average Bonchev–Trinajstić information content (AvgIpc) is 2.48. The highest BCUT2D eigenvalue weighted by Crippen LogP contribution is 2.18. The van der Waals surface area contributed by atoms with Gasteiger partial charge >= 0.3 is 0 Å². The van der Waals surface area contributed by atoms with E-state index in [0.717, 1.165) is 24.2 Å². The van der Waals surface area contributed by atoms with Gasteiger partial charge in [-0.2, -0.15) is 0 Å². The van der Waals surface area contributed by atoms with Gasteiger partial charge in [-0.15, -0.1) is 24.8 Å². The number of benzene rings is 1. The first-order chi connectivity index (χ1) is 10.1. The molecule has 132 valence electrons. The third-order valence-corrected chi connectivity index (χ3v) is 4.48. The van der Waals surface area contributed by atoms with Gasteiger partial charge in [0.15, 0.2) is 0 Å². The Labute approximate surface area is 152 Å². The summed E-state index contributed by atoms with van der Waals surface area (Å²) in [6.45, 7) is 2.02. The van der Waals surface area contributed by atoms with Crippen molar-refractivity contribution in [3.8, 4) is 0 Å². The molecule has 1 aliphatic heterocycles. The lowest BCUT2D eigenvalue weighted by Crippen LogP contribution is -2.39. The Morgan fingerprint density at radius 2 is 1.91 bits per heavy atom. The number of rotatable bonds is 5. The predicted octanol–water partition coefficient (Wildman–Crippen LogP) is 2.99. The Morgan fingerprint density at radius 1 is 1.26 bits per heavy atom. The first kappa shape index (κ1) is 22.0. The minimum atomic E-state index is 0. The number of halogens is 2. The highest BCUT2D eigenvalue weighted by atomic mass is 35.5. The molecule has 2 rings (SSSR count). The molecule has 1 heterocycles. The number of nitrogens with two attached hydrogens (primary N) is 1. The zero-order valence-corrected chi connectivity index (χ0v) is 15.7. The first-order valence-electron chi connectivity index (χ1n) is 7.85. The molecule has 1 fully saturated rings. The van der Waals surface area contributed by atoms with E-state index in [1.165, 1.54) is 25.8 Å². The van der Waals surface area contributed by atoms with E-state index in [0.29, 0.717) is 12.5 Å². The van der Waals surface area contributed by atoms with E-state index in [1.54, 1.807) is 0 Å². The molecule has 4 nitrogen and oxygen atoms in total. The fourth-order valence-electron chi connectivity index (χ4n) is 2.92. The smallest absolute Gasteiger partial charge is 0.226 e. The summed E-state index contributed by atoms with van der Waals surface area (Å²) in [7, 11) is 4.10. The molecule has 0 aliphatic carbocycles. The Kier molecular flexibility index (Phi) is 10.3. The van der Waals surface area contributed by atoms with Gasteiger partial charge in [-0.05, 0) is 50.6 Å². The van der Waals surface area contributed by atoms with Gasteiger partial charge in [0, 0.05) is 25.3 Å². The van der Waals surface area contributed by atoms with Crippen LogP contribution in [0, 0.1) is 0 Å². The minimum absolute atomic E-state index is 0. The second-order valence-corrected chi connectivity index (χ2v) is 6.15. The van der Waals surface area contributed by atoms with Crippen molar-refractivity contribution in [3.05, 3.63) is 29.8 Å². The van der Waals surface area contributed by atoms with Crippen LogP contribution in [0.1, 0.15) is 31.2 Å². The molecule has 6 heteroatoms. The largest absolute Gasteiger partial charge is 0.399 e. The van der Waals surface area contributed by atoms with Crippen LogP contribution in [0.4, 0.5) is 5.69 Å². The summed E-state index contributed by atoms with van der Waals surface area (Å²) in [6.07, 6.45) is 5.41. The lowest BCUT2D eigenvalue weighted by Gasteiger charge is -2.33. The summed E-state index contributed by atoms with van der Waals surface area (Å²) < 4.78 is 0. The minimum Gasteiger partial charge on any atom is -0.399 e. The molecule has 1 atom stereocenters. The molecule has 0 aromatic heterocycles. The van der Waals surface area contributed by atoms with E-state index in [2.05, 4.69) is 11.9 Å². The van der Waals surface area contributed by atoms with Gasteiger partial charge in [0.05, 0.1) is 6.42 Å². The van der Waals surface area contributed by atoms with Crippen LogP contribution in [0.3, 0.4) is 0 Å². The molecule has 1 aromatic rings. The van der Waals surface area contributed by atoms with Crippen molar-refractivity contribution >= 4 is 36.4 Å². The Morgan fingerprint density at radius 3 is 2.52 bits per heavy atom. The summed E-state index contributed by atoms with van der Waals surface area (Å²) in [5.74, 6) is 0.179. The molecule has 0 bridgehead atoms. The van der Waals surface area contributed by atoms with Gasteiger partial charge in [0.1, 0.15) is 0 Å². The molecule has 0 radical (unpaired) electrons. The number of carbonyl (C=O) groups excluding carboxylic acids is 1. The number of piperidine rings is 1. The lowest BCUT2D eigenvalue weighted by molar-refractivity contribution is -0.129. The molecule has 0 spiro atoms. The SMILES string of the molecule is CN(CCC1CCCCN1C)C(=O)Cc1ccc(N)cc1.Cl.Cl. The van der Waals surface area contributed by atoms with Crippen molar-refractivity contribution in [2.75, 3.05) is 32.9 Å².